The number of rotatable bonds is 1. The van der Waals surface area contributed by atoms with Crippen molar-refractivity contribution in [2.45, 2.75) is 13.8 Å². The van der Waals surface area contributed by atoms with Crippen molar-refractivity contribution in [3.8, 4) is 0 Å². The van der Waals surface area contributed by atoms with Gasteiger partial charge in [0.05, 0.1) is 5.78 Å². The molecule has 1 aliphatic rings. The van der Waals surface area contributed by atoms with E-state index in [1.54, 1.807) is 26.0 Å². The van der Waals surface area contributed by atoms with Gasteiger partial charge in [0.15, 0.2) is 0 Å². The van der Waals surface area contributed by atoms with Gasteiger partial charge < -0.3 is 4.79 Å². The van der Waals surface area contributed by atoms with Gasteiger partial charge in [0.25, 0.3) is 0 Å². The predicted molar refractivity (Wildman–Crippen MR) is 44.2 cm³/mol. The van der Waals surface area contributed by atoms with Gasteiger partial charge in [-0.1, -0.05) is 12.5 Å². The molecule has 0 saturated heterocycles. The number of hydroxylamine groups is 1. The summed E-state index contributed by atoms with van der Waals surface area (Å²) in [5.41, 5.74) is 3.47. The van der Waals surface area contributed by atoms with Gasteiger partial charge in [0.2, 0.25) is 0 Å². The summed E-state index contributed by atoms with van der Waals surface area (Å²) in [6.07, 6.45) is 5.98. The second-order valence-electron chi connectivity index (χ2n) is 2.62. The van der Waals surface area contributed by atoms with Crippen LogP contribution in [0.2, 0.25) is 0 Å². The maximum atomic E-state index is 11.4. The van der Waals surface area contributed by atoms with Crippen LogP contribution in [0.1, 0.15) is 13.8 Å². The van der Waals surface area contributed by atoms with E-state index in [-0.39, 0.29) is 38.5 Å². The third-order valence-electron chi connectivity index (χ3n) is 1.70. The molecular formula is C9H10NO2Y-. The Labute approximate surface area is 102 Å². The van der Waals surface area contributed by atoms with Gasteiger partial charge in [-0.05, 0) is 12.6 Å². The van der Waals surface area contributed by atoms with E-state index in [2.05, 4.69) is 6.08 Å². The van der Waals surface area contributed by atoms with Crippen LogP contribution in [0, 0.1) is 6.08 Å². The largest absolute Gasteiger partial charge is 0.318 e. The van der Waals surface area contributed by atoms with Gasteiger partial charge in [-0.3, -0.25) is 10.7 Å². The van der Waals surface area contributed by atoms with Crippen molar-refractivity contribution < 1.29 is 42.7 Å². The fourth-order valence-electron chi connectivity index (χ4n) is 0.932. The van der Waals surface area contributed by atoms with E-state index in [0.717, 1.165) is 0 Å². The number of hydrogen-bond donors (Lipinski definition) is 2. The Bertz CT molecular complexity index is 303. The smallest absolute Gasteiger partial charge is 0.0831 e. The molecule has 0 aromatic heterocycles. The number of carbonyl (C=O) groups is 1. The van der Waals surface area contributed by atoms with Crippen molar-refractivity contribution in [3.05, 3.63) is 35.1 Å². The van der Waals surface area contributed by atoms with E-state index >= 15 is 0 Å². The molecule has 0 unspecified atom stereocenters. The molecule has 1 radical (unpaired) electrons. The first-order valence-corrected chi connectivity index (χ1v) is 3.58. The van der Waals surface area contributed by atoms with E-state index in [1.807, 2.05) is 5.48 Å². The van der Waals surface area contributed by atoms with Gasteiger partial charge in [0.1, 0.15) is 0 Å². The van der Waals surface area contributed by atoms with Crippen LogP contribution in [0.15, 0.2) is 29.0 Å². The molecule has 0 atom stereocenters. The molecule has 4 heteroatoms. The van der Waals surface area contributed by atoms with Crippen LogP contribution in [-0.2, 0) is 37.5 Å². The Kier molecular flexibility index (Phi) is 5.37. The fourth-order valence-corrected chi connectivity index (χ4v) is 0.932. The SMILES string of the molecule is CC1=C[C-]=C/C(=C(/C)NO)C1=O.[Y]. The zero-order chi connectivity index (χ0) is 9.14. The molecule has 0 spiro atoms. The van der Waals surface area contributed by atoms with Gasteiger partial charge in [-0.25, -0.2) is 0 Å². The number of nitrogens with one attached hydrogen (secondary N) is 1. The van der Waals surface area contributed by atoms with Gasteiger partial charge in [-0.15, -0.1) is 5.57 Å². The second kappa shape index (κ2) is 5.48. The fraction of sp³-hybridized carbons (Fsp3) is 0.222. The molecule has 0 saturated carbocycles. The molecule has 67 valence electrons. The first-order valence-electron chi connectivity index (χ1n) is 3.58. The Hall–Kier alpha value is -0.246. The molecule has 0 bridgehead atoms. The summed E-state index contributed by atoms with van der Waals surface area (Å²) >= 11 is 0. The molecule has 0 fully saturated rings. The minimum atomic E-state index is -0.0761. The van der Waals surface area contributed by atoms with Crippen LogP contribution in [0.4, 0.5) is 0 Å². The number of Topliss-reactive ketones (excluding diaryl/α,β-unsaturated/α-hetero) is 1. The van der Waals surface area contributed by atoms with E-state index < -0.39 is 0 Å². The maximum absolute atomic E-state index is 11.4. The molecule has 0 aromatic rings. The minimum absolute atomic E-state index is 0. The quantitative estimate of drug-likeness (QED) is 0.418. The van der Waals surface area contributed by atoms with Crippen LogP contribution in [0.3, 0.4) is 0 Å². The summed E-state index contributed by atoms with van der Waals surface area (Å²) < 4.78 is 0. The number of hydrogen-bond acceptors (Lipinski definition) is 3. The second-order valence-corrected chi connectivity index (χ2v) is 2.62. The average molecular weight is 253 g/mol. The Morgan fingerprint density at radius 1 is 1.62 bits per heavy atom. The van der Waals surface area contributed by atoms with Crippen molar-refractivity contribution in [2.24, 2.45) is 0 Å². The van der Waals surface area contributed by atoms with Gasteiger partial charge in [-0.2, -0.15) is 18.2 Å². The van der Waals surface area contributed by atoms with Crippen LogP contribution < -0.4 is 5.48 Å². The van der Waals surface area contributed by atoms with Crippen molar-refractivity contribution in [3.63, 3.8) is 0 Å². The topological polar surface area (TPSA) is 49.3 Å². The number of carbonyl (C=O) groups excluding carboxylic acids is 1. The molecule has 0 heterocycles. The number of allylic oxidation sites excluding steroid dienone is 6. The summed E-state index contributed by atoms with van der Waals surface area (Å²) in [6, 6.07) is 0. The maximum Gasteiger partial charge on any atom is 0.0831 e. The van der Waals surface area contributed by atoms with Gasteiger partial charge in [0, 0.05) is 32.7 Å². The zero-order valence-electron chi connectivity index (χ0n) is 7.59. The van der Waals surface area contributed by atoms with Gasteiger partial charge >= 0.3 is 0 Å². The van der Waals surface area contributed by atoms with Crippen LogP contribution >= 0.6 is 0 Å². The van der Waals surface area contributed by atoms with E-state index in [4.69, 9.17) is 5.21 Å². The molecule has 0 aromatic carbocycles. The number of ketones is 1. The molecule has 2 N–H and O–H groups in total. The predicted octanol–water partition coefficient (Wildman–Crippen LogP) is 1.13. The minimum Gasteiger partial charge on any atom is -0.318 e. The molecule has 0 aliphatic heterocycles. The third kappa shape index (κ3) is 2.87. The summed E-state index contributed by atoms with van der Waals surface area (Å²) in [5.74, 6) is -0.0761. The molecule has 3 nitrogen and oxygen atoms in total. The van der Waals surface area contributed by atoms with Crippen molar-refractivity contribution >= 4 is 5.78 Å². The van der Waals surface area contributed by atoms with Crippen molar-refractivity contribution in [1.29, 1.82) is 0 Å². The Morgan fingerprint density at radius 3 is 2.77 bits per heavy atom. The Morgan fingerprint density at radius 2 is 2.23 bits per heavy atom. The monoisotopic (exact) mass is 253 g/mol. The van der Waals surface area contributed by atoms with E-state index in [9.17, 15) is 4.79 Å². The molecule has 1 rings (SSSR count). The third-order valence-corrected chi connectivity index (χ3v) is 1.70. The zero-order valence-corrected chi connectivity index (χ0v) is 10.4. The Balaban J connectivity index is 0.00000144. The molecule has 13 heavy (non-hydrogen) atoms. The summed E-state index contributed by atoms with van der Waals surface area (Å²) in [5, 5.41) is 8.56. The standard InChI is InChI=1S/C9H10NO2.Y/c1-6-4-3-5-8(9(6)11)7(2)10-12;/h4-5,10,12H,1-2H3;/q-1;/b8-7+;. The van der Waals surface area contributed by atoms with Crippen LogP contribution in [-0.4, -0.2) is 11.0 Å². The van der Waals surface area contributed by atoms with Crippen molar-refractivity contribution in [2.75, 3.05) is 0 Å². The van der Waals surface area contributed by atoms with Crippen LogP contribution in [0.25, 0.3) is 0 Å². The first kappa shape index (κ1) is 12.8. The normalized spacial score (nSPS) is 19.0. The summed E-state index contributed by atoms with van der Waals surface area (Å²) in [7, 11) is 0. The molecule has 1 aliphatic carbocycles. The van der Waals surface area contributed by atoms with Crippen LogP contribution in [0.5, 0.6) is 0 Å². The average Bonchev–Trinajstić information content (AvgIpc) is 2.08. The van der Waals surface area contributed by atoms with E-state index in [0.29, 0.717) is 16.8 Å². The molecule has 0 amide bonds. The first-order chi connectivity index (χ1) is 5.66. The summed E-state index contributed by atoms with van der Waals surface area (Å²) in [6.45, 7) is 3.34. The van der Waals surface area contributed by atoms with E-state index in [1.165, 1.54) is 0 Å². The molecular weight excluding hydrogens is 243 g/mol. The van der Waals surface area contributed by atoms with Crippen molar-refractivity contribution in [1.82, 2.24) is 5.48 Å². The summed E-state index contributed by atoms with van der Waals surface area (Å²) in [4.78, 5) is 11.4.